The van der Waals surface area contributed by atoms with Crippen LogP contribution in [0, 0.1) is 6.92 Å². The fourth-order valence-corrected chi connectivity index (χ4v) is 3.71. The number of anilines is 1. The summed E-state index contributed by atoms with van der Waals surface area (Å²) >= 11 is 1.24. The molecule has 0 saturated heterocycles. The van der Waals surface area contributed by atoms with Crippen LogP contribution in [0.25, 0.3) is 21.7 Å². The number of benzene rings is 2. The summed E-state index contributed by atoms with van der Waals surface area (Å²) in [6, 6.07) is 13.4. The van der Waals surface area contributed by atoms with Gasteiger partial charge in [-0.15, -0.1) is 11.3 Å². The third-order valence-electron chi connectivity index (χ3n) is 4.19. The topological polar surface area (TPSA) is 85.3 Å². The molecule has 0 aliphatic rings. The number of hydrogen-bond acceptors (Lipinski definition) is 4. The predicted molar refractivity (Wildman–Crippen MR) is 99.2 cm³/mol. The van der Waals surface area contributed by atoms with Crippen molar-refractivity contribution in [3.63, 3.8) is 0 Å². The number of thiophene rings is 1. The molecule has 4 rings (SSSR count). The van der Waals surface area contributed by atoms with Crippen LogP contribution in [0.4, 0.5) is 5.00 Å². The van der Waals surface area contributed by atoms with Gasteiger partial charge in [-0.2, -0.15) is 0 Å². The lowest BCUT2D eigenvalue weighted by Crippen LogP contribution is -2.16. The smallest absolute Gasteiger partial charge is 0.292 e. The zero-order valence-corrected chi connectivity index (χ0v) is 14.1. The molecule has 0 aliphatic heterocycles. The molecule has 0 bridgehead atoms. The molecule has 0 unspecified atom stereocenters. The quantitative estimate of drug-likeness (QED) is 0.577. The van der Waals surface area contributed by atoms with Gasteiger partial charge >= 0.3 is 0 Å². The fourth-order valence-electron chi connectivity index (χ4n) is 2.93. The molecule has 0 fully saturated rings. The van der Waals surface area contributed by atoms with Crippen LogP contribution in [0.2, 0.25) is 0 Å². The summed E-state index contributed by atoms with van der Waals surface area (Å²) < 4.78 is 5.90. The first-order chi connectivity index (χ1) is 12.1. The first-order valence-electron chi connectivity index (χ1n) is 7.66. The molecule has 3 N–H and O–H groups in total. The second kappa shape index (κ2) is 5.75. The van der Waals surface area contributed by atoms with E-state index in [0.717, 1.165) is 21.7 Å². The van der Waals surface area contributed by atoms with Crippen LogP contribution < -0.4 is 11.1 Å². The minimum absolute atomic E-state index is 0.232. The van der Waals surface area contributed by atoms with Gasteiger partial charge in [-0.25, -0.2) is 0 Å². The number of rotatable bonds is 3. The first-order valence-corrected chi connectivity index (χ1v) is 8.53. The van der Waals surface area contributed by atoms with Crippen molar-refractivity contribution in [2.75, 3.05) is 5.32 Å². The van der Waals surface area contributed by atoms with Crippen LogP contribution in [0.1, 0.15) is 26.5 Å². The maximum Gasteiger partial charge on any atom is 0.292 e. The van der Waals surface area contributed by atoms with Crippen molar-refractivity contribution in [1.29, 1.82) is 0 Å². The Morgan fingerprint density at radius 1 is 1.08 bits per heavy atom. The van der Waals surface area contributed by atoms with Crippen LogP contribution >= 0.6 is 11.3 Å². The Balaban J connectivity index is 1.79. The first kappa shape index (κ1) is 15.4. The predicted octanol–water partition coefficient (Wildman–Crippen LogP) is 4.31. The van der Waals surface area contributed by atoms with Crippen molar-refractivity contribution in [2.45, 2.75) is 6.92 Å². The average Bonchev–Trinajstić information content (AvgIpc) is 3.19. The van der Waals surface area contributed by atoms with Gasteiger partial charge in [-0.05, 0) is 23.8 Å². The summed E-state index contributed by atoms with van der Waals surface area (Å²) in [5.41, 5.74) is 7.05. The van der Waals surface area contributed by atoms with E-state index in [1.54, 1.807) is 11.4 Å². The number of carbonyl (C=O) groups is 2. The monoisotopic (exact) mass is 350 g/mol. The highest BCUT2D eigenvalue weighted by atomic mass is 32.1. The standard InChI is InChI=1S/C19H14N2O3S/c1-10-12-7-6-11-4-2-3-5-13(11)16(12)24-15(10)18(23)21-19-14(17(20)22)8-9-25-19/h2-9H,1H3,(H2,20,22)(H,21,23). The molecule has 2 aromatic carbocycles. The molecule has 0 spiro atoms. The van der Waals surface area contributed by atoms with Gasteiger partial charge in [0.05, 0.1) is 5.56 Å². The minimum Gasteiger partial charge on any atom is -0.450 e. The third-order valence-corrected chi connectivity index (χ3v) is 5.02. The van der Waals surface area contributed by atoms with Crippen molar-refractivity contribution < 1.29 is 14.0 Å². The molecular weight excluding hydrogens is 336 g/mol. The van der Waals surface area contributed by atoms with Crippen molar-refractivity contribution in [3.8, 4) is 0 Å². The molecule has 25 heavy (non-hydrogen) atoms. The molecule has 124 valence electrons. The molecule has 0 saturated carbocycles. The Labute approximate surface area is 147 Å². The molecule has 2 heterocycles. The zero-order valence-electron chi connectivity index (χ0n) is 13.3. The highest BCUT2D eigenvalue weighted by Gasteiger charge is 2.21. The van der Waals surface area contributed by atoms with E-state index in [1.165, 1.54) is 11.3 Å². The van der Waals surface area contributed by atoms with E-state index in [4.69, 9.17) is 10.2 Å². The van der Waals surface area contributed by atoms with Crippen LogP contribution in [0.5, 0.6) is 0 Å². The van der Waals surface area contributed by atoms with Gasteiger partial charge in [0.2, 0.25) is 0 Å². The normalized spacial score (nSPS) is 11.1. The van der Waals surface area contributed by atoms with Crippen LogP contribution in [0.3, 0.4) is 0 Å². The summed E-state index contributed by atoms with van der Waals surface area (Å²) in [6.45, 7) is 1.85. The van der Waals surface area contributed by atoms with E-state index in [1.807, 2.05) is 43.3 Å². The second-order valence-corrected chi connectivity index (χ2v) is 6.62. The number of nitrogens with two attached hydrogens (primary N) is 1. The Morgan fingerprint density at radius 2 is 1.88 bits per heavy atom. The van der Waals surface area contributed by atoms with Crippen molar-refractivity contribution in [1.82, 2.24) is 0 Å². The molecule has 0 radical (unpaired) electrons. The van der Waals surface area contributed by atoms with Gasteiger partial charge in [0.1, 0.15) is 10.6 Å². The lowest BCUT2D eigenvalue weighted by Gasteiger charge is -2.03. The molecule has 0 aliphatic carbocycles. The molecule has 4 aromatic rings. The largest absolute Gasteiger partial charge is 0.450 e. The number of aryl methyl sites for hydroxylation is 1. The Hall–Kier alpha value is -3.12. The van der Waals surface area contributed by atoms with Crippen LogP contribution in [-0.4, -0.2) is 11.8 Å². The maximum atomic E-state index is 12.7. The Kier molecular flexibility index (Phi) is 3.54. The van der Waals surface area contributed by atoms with Crippen molar-refractivity contribution in [2.24, 2.45) is 5.73 Å². The maximum absolute atomic E-state index is 12.7. The second-order valence-electron chi connectivity index (χ2n) is 5.70. The molecule has 5 nitrogen and oxygen atoms in total. The molecule has 2 amide bonds. The van der Waals surface area contributed by atoms with Gasteiger partial charge in [-0.3, -0.25) is 9.59 Å². The number of hydrogen-bond donors (Lipinski definition) is 2. The average molecular weight is 350 g/mol. The van der Waals surface area contributed by atoms with Crippen molar-refractivity contribution in [3.05, 3.63) is 64.7 Å². The lowest BCUT2D eigenvalue weighted by atomic mass is 10.1. The van der Waals surface area contributed by atoms with E-state index in [0.29, 0.717) is 10.6 Å². The van der Waals surface area contributed by atoms with Crippen LogP contribution in [-0.2, 0) is 0 Å². The number of furan rings is 1. The SMILES string of the molecule is Cc1c(C(=O)Nc2sccc2C(N)=O)oc2c1ccc1ccccc12. The van der Waals surface area contributed by atoms with E-state index in [-0.39, 0.29) is 11.3 Å². The molecule has 6 heteroatoms. The summed E-state index contributed by atoms with van der Waals surface area (Å²) in [5, 5.41) is 7.74. The number of nitrogens with one attached hydrogen (secondary N) is 1. The Bertz CT molecular complexity index is 1140. The number of carbonyl (C=O) groups excluding carboxylic acids is 2. The van der Waals surface area contributed by atoms with Gasteiger partial charge in [-0.1, -0.05) is 36.4 Å². The van der Waals surface area contributed by atoms with E-state index < -0.39 is 11.8 Å². The summed E-state index contributed by atoms with van der Waals surface area (Å²) in [5.74, 6) is -0.748. The van der Waals surface area contributed by atoms with Gasteiger partial charge in [0, 0.05) is 16.3 Å². The summed E-state index contributed by atoms with van der Waals surface area (Å²) in [6.07, 6.45) is 0. The summed E-state index contributed by atoms with van der Waals surface area (Å²) in [7, 11) is 0. The van der Waals surface area contributed by atoms with E-state index in [9.17, 15) is 9.59 Å². The molecule has 0 atom stereocenters. The molecule has 2 aromatic heterocycles. The highest BCUT2D eigenvalue weighted by molar-refractivity contribution is 7.14. The summed E-state index contributed by atoms with van der Waals surface area (Å²) in [4.78, 5) is 24.1. The zero-order chi connectivity index (χ0) is 17.6. The van der Waals surface area contributed by atoms with E-state index >= 15 is 0 Å². The Morgan fingerprint density at radius 3 is 2.68 bits per heavy atom. The lowest BCUT2D eigenvalue weighted by molar-refractivity contribution is 0.0998. The van der Waals surface area contributed by atoms with Gasteiger partial charge < -0.3 is 15.5 Å². The van der Waals surface area contributed by atoms with Crippen LogP contribution in [0.15, 0.2) is 52.3 Å². The van der Waals surface area contributed by atoms with Gasteiger partial charge in [0.15, 0.2) is 5.76 Å². The molecular formula is C19H14N2O3S. The minimum atomic E-state index is -0.580. The number of fused-ring (bicyclic) bond motifs is 3. The number of amides is 2. The van der Waals surface area contributed by atoms with Crippen molar-refractivity contribution >= 4 is 49.9 Å². The number of primary amides is 1. The third kappa shape index (κ3) is 2.47. The highest BCUT2D eigenvalue weighted by Crippen LogP contribution is 2.32. The van der Waals surface area contributed by atoms with Gasteiger partial charge in [0.25, 0.3) is 11.8 Å². The fraction of sp³-hybridized carbons (Fsp3) is 0.0526. The van der Waals surface area contributed by atoms with E-state index in [2.05, 4.69) is 5.32 Å².